The lowest BCUT2D eigenvalue weighted by atomic mass is 9.93. The third kappa shape index (κ3) is 4.27. The smallest absolute Gasteiger partial charge is 0.404 e. The number of primary amides is 1. The number of nitrogens with one attached hydrogen (secondary N) is 2. The summed E-state index contributed by atoms with van der Waals surface area (Å²) in [6, 6.07) is 14.2. The van der Waals surface area contributed by atoms with Gasteiger partial charge in [-0.15, -0.1) is 0 Å². The van der Waals surface area contributed by atoms with E-state index in [1.54, 1.807) is 24.3 Å². The Morgan fingerprint density at radius 1 is 1.19 bits per heavy atom. The van der Waals surface area contributed by atoms with Crippen LogP contribution in [0.4, 0.5) is 10.5 Å². The topological polar surface area (TPSA) is 123 Å². The second kappa shape index (κ2) is 7.92. The van der Waals surface area contributed by atoms with E-state index in [0.29, 0.717) is 11.3 Å². The van der Waals surface area contributed by atoms with Gasteiger partial charge in [-0.05, 0) is 29.3 Å². The van der Waals surface area contributed by atoms with E-state index in [2.05, 4.69) is 10.3 Å². The van der Waals surface area contributed by atoms with Gasteiger partial charge in [0, 0.05) is 28.7 Å². The summed E-state index contributed by atoms with van der Waals surface area (Å²) in [5.41, 5.74) is 14.5. The summed E-state index contributed by atoms with van der Waals surface area (Å²) < 4.78 is 4.76. The van der Waals surface area contributed by atoms with E-state index in [1.807, 2.05) is 37.4 Å². The van der Waals surface area contributed by atoms with Crippen LogP contribution in [0.5, 0.6) is 0 Å². The van der Waals surface area contributed by atoms with Crippen molar-refractivity contribution < 1.29 is 14.3 Å². The number of para-hydroxylation sites is 1. The van der Waals surface area contributed by atoms with Gasteiger partial charge in [0.15, 0.2) is 0 Å². The normalized spacial score (nSPS) is 13.1. The SMILES string of the molecule is C[C@@H](c1c[nH]c2ccccc12)[C@@H](N)C(=O)Nc1cccc(COC(N)=O)c1. The first-order valence-electron chi connectivity index (χ1n) is 8.59. The Morgan fingerprint density at radius 3 is 2.74 bits per heavy atom. The number of hydrogen-bond acceptors (Lipinski definition) is 4. The van der Waals surface area contributed by atoms with Crippen LogP contribution in [0.3, 0.4) is 0 Å². The monoisotopic (exact) mass is 366 g/mol. The molecule has 140 valence electrons. The first kappa shape index (κ1) is 18.5. The molecule has 0 spiro atoms. The predicted molar refractivity (Wildman–Crippen MR) is 104 cm³/mol. The molecule has 2 atom stereocenters. The standard InChI is InChI=1S/C20H22N4O3/c1-12(16-10-23-17-8-3-2-7-15(16)17)18(21)19(25)24-14-6-4-5-13(9-14)11-27-20(22)26/h2-10,12,18,23H,11,21H2,1H3,(H2,22,26)(H,24,25)/t12-,18+/m0/s1. The molecule has 0 radical (unpaired) electrons. The quantitative estimate of drug-likeness (QED) is 0.535. The molecule has 7 heteroatoms. The minimum absolute atomic E-state index is 0.0385. The molecule has 2 amide bonds. The summed E-state index contributed by atoms with van der Waals surface area (Å²) in [4.78, 5) is 26.5. The van der Waals surface area contributed by atoms with E-state index in [0.717, 1.165) is 16.5 Å². The molecule has 0 unspecified atom stereocenters. The Hall–Kier alpha value is -3.32. The molecule has 1 heterocycles. The zero-order valence-corrected chi connectivity index (χ0v) is 14.9. The van der Waals surface area contributed by atoms with Crippen LogP contribution in [0.1, 0.15) is 24.0 Å². The maximum absolute atomic E-state index is 12.6. The zero-order valence-electron chi connectivity index (χ0n) is 14.9. The number of rotatable bonds is 6. The van der Waals surface area contributed by atoms with E-state index in [1.165, 1.54) is 0 Å². The molecule has 7 nitrogen and oxygen atoms in total. The molecule has 0 aliphatic rings. The number of hydrogen-bond donors (Lipinski definition) is 4. The van der Waals surface area contributed by atoms with Gasteiger partial charge in [-0.2, -0.15) is 0 Å². The van der Waals surface area contributed by atoms with Crippen molar-refractivity contribution in [3.8, 4) is 0 Å². The van der Waals surface area contributed by atoms with Gasteiger partial charge in [0.05, 0.1) is 6.04 Å². The molecule has 0 saturated carbocycles. The summed E-state index contributed by atoms with van der Waals surface area (Å²) >= 11 is 0. The van der Waals surface area contributed by atoms with Gasteiger partial charge in [-0.1, -0.05) is 37.3 Å². The van der Waals surface area contributed by atoms with E-state index in [-0.39, 0.29) is 18.4 Å². The molecule has 0 fully saturated rings. The van der Waals surface area contributed by atoms with Crippen LogP contribution in [0.15, 0.2) is 54.7 Å². The van der Waals surface area contributed by atoms with E-state index in [9.17, 15) is 9.59 Å². The second-order valence-corrected chi connectivity index (χ2v) is 6.40. The molecule has 3 aromatic rings. The fraction of sp³-hybridized carbons (Fsp3) is 0.200. The number of nitrogens with two attached hydrogens (primary N) is 2. The van der Waals surface area contributed by atoms with Crippen LogP contribution in [0.25, 0.3) is 10.9 Å². The summed E-state index contributed by atoms with van der Waals surface area (Å²) in [6.07, 6.45) is 1.04. The molecule has 0 bridgehead atoms. The van der Waals surface area contributed by atoms with Crippen LogP contribution in [0.2, 0.25) is 0 Å². The molecule has 2 aromatic carbocycles. The Kier molecular flexibility index (Phi) is 5.42. The van der Waals surface area contributed by atoms with E-state index in [4.69, 9.17) is 16.2 Å². The average Bonchev–Trinajstić information content (AvgIpc) is 3.09. The molecular formula is C20H22N4O3. The Morgan fingerprint density at radius 2 is 1.96 bits per heavy atom. The fourth-order valence-electron chi connectivity index (χ4n) is 3.01. The minimum atomic E-state index is -0.848. The second-order valence-electron chi connectivity index (χ2n) is 6.40. The molecule has 1 aromatic heterocycles. The van der Waals surface area contributed by atoms with Crippen LogP contribution in [-0.4, -0.2) is 23.0 Å². The van der Waals surface area contributed by atoms with E-state index >= 15 is 0 Å². The number of aromatic nitrogens is 1. The number of anilines is 1. The van der Waals surface area contributed by atoms with Crippen molar-refractivity contribution in [1.82, 2.24) is 4.98 Å². The molecule has 0 saturated heterocycles. The van der Waals surface area contributed by atoms with Gasteiger partial charge < -0.3 is 26.5 Å². The number of aromatic amines is 1. The molecule has 0 aliphatic carbocycles. The van der Waals surface area contributed by atoms with Crippen molar-refractivity contribution in [2.24, 2.45) is 11.5 Å². The number of H-pyrrole nitrogens is 1. The van der Waals surface area contributed by atoms with Crippen molar-refractivity contribution in [1.29, 1.82) is 0 Å². The third-order valence-corrected chi connectivity index (χ3v) is 4.53. The number of benzene rings is 2. The number of fused-ring (bicyclic) bond motifs is 1. The number of ether oxygens (including phenoxy) is 1. The predicted octanol–water partition coefficient (Wildman–Crippen LogP) is 2.83. The van der Waals surface area contributed by atoms with Gasteiger partial charge in [-0.25, -0.2) is 4.79 Å². The van der Waals surface area contributed by atoms with Crippen molar-refractivity contribution in [2.45, 2.75) is 25.5 Å². The highest BCUT2D eigenvalue weighted by Gasteiger charge is 2.24. The number of carbonyl (C=O) groups excluding carboxylic acids is 2. The highest BCUT2D eigenvalue weighted by molar-refractivity contribution is 5.96. The molecular weight excluding hydrogens is 344 g/mol. The fourth-order valence-corrected chi connectivity index (χ4v) is 3.01. The van der Waals surface area contributed by atoms with Crippen LogP contribution < -0.4 is 16.8 Å². The first-order valence-corrected chi connectivity index (χ1v) is 8.59. The van der Waals surface area contributed by atoms with Crippen molar-refractivity contribution in [2.75, 3.05) is 5.32 Å². The van der Waals surface area contributed by atoms with Crippen LogP contribution >= 0.6 is 0 Å². The van der Waals surface area contributed by atoms with Crippen molar-refractivity contribution in [3.63, 3.8) is 0 Å². The Labute approximate surface area is 156 Å². The van der Waals surface area contributed by atoms with Crippen LogP contribution in [-0.2, 0) is 16.1 Å². The highest BCUT2D eigenvalue weighted by atomic mass is 16.5. The average molecular weight is 366 g/mol. The zero-order chi connectivity index (χ0) is 19.4. The summed E-state index contributed by atoms with van der Waals surface area (Å²) in [7, 11) is 0. The number of carbonyl (C=O) groups is 2. The summed E-state index contributed by atoms with van der Waals surface area (Å²) in [5.74, 6) is -0.469. The van der Waals surface area contributed by atoms with Gasteiger partial charge in [0.25, 0.3) is 0 Å². The Balaban J connectivity index is 1.70. The number of amides is 2. The lowest BCUT2D eigenvalue weighted by molar-refractivity contribution is -0.117. The summed E-state index contributed by atoms with van der Waals surface area (Å²) in [5, 5.41) is 3.87. The first-order chi connectivity index (χ1) is 13.0. The molecule has 0 aliphatic heterocycles. The largest absolute Gasteiger partial charge is 0.445 e. The summed E-state index contributed by atoms with van der Waals surface area (Å²) in [6.45, 7) is 1.97. The van der Waals surface area contributed by atoms with Crippen molar-refractivity contribution >= 4 is 28.6 Å². The van der Waals surface area contributed by atoms with E-state index < -0.39 is 12.1 Å². The lowest BCUT2D eigenvalue weighted by Crippen LogP contribution is -2.39. The maximum atomic E-state index is 12.6. The minimum Gasteiger partial charge on any atom is -0.445 e. The third-order valence-electron chi connectivity index (χ3n) is 4.53. The lowest BCUT2D eigenvalue weighted by Gasteiger charge is -2.19. The van der Waals surface area contributed by atoms with Gasteiger partial charge in [0.1, 0.15) is 6.61 Å². The van der Waals surface area contributed by atoms with Gasteiger partial charge in [0.2, 0.25) is 5.91 Å². The highest BCUT2D eigenvalue weighted by Crippen LogP contribution is 2.27. The van der Waals surface area contributed by atoms with Gasteiger partial charge >= 0.3 is 6.09 Å². The molecule has 27 heavy (non-hydrogen) atoms. The van der Waals surface area contributed by atoms with Crippen molar-refractivity contribution in [3.05, 3.63) is 65.9 Å². The Bertz CT molecular complexity index is 967. The van der Waals surface area contributed by atoms with Gasteiger partial charge in [-0.3, -0.25) is 4.79 Å². The maximum Gasteiger partial charge on any atom is 0.404 e. The van der Waals surface area contributed by atoms with Crippen LogP contribution in [0, 0.1) is 0 Å². The molecule has 3 rings (SSSR count). The molecule has 6 N–H and O–H groups in total.